The van der Waals surface area contributed by atoms with Crippen molar-refractivity contribution in [2.75, 3.05) is 66.6 Å². The highest BCUT2D eigenvalue weighted by atomic mass is 16.5. The molecule has 27 heavy (non-hydrogen) atoms. The van der Waals surface area contributed by atoms with E-state index in [0.29, 0.717) is 39.4 Å². The zero-order valence-electron chi connectivity index (χ0n) is 16.7. The first-order valence-corrected chi connectivity index (χ1v) is 9.37. The lowest BCUT2D eigenvalue weighted by Gasteiger charge is -2.33. The molecule has 2 fully saturated rings. The van der Waals surface area contributed by atoms with Crippen molar-refractivity contribution in [3.63, 3.8) is 0 Å². The summed E-state index contributed by atoms with van der Waals surface area (Å²) >= 11 is 0. The minimum absolute atomic E-state index is 0.0733. The third kappa shape index (κ3) is 8.10. The van der Waals surface area contributed by atoms with E-state index in [1.54, 1.807) is 25.9 Å². The van der Waals surface area contributed by atoms with E-state index in [2.05, 4.69) is 16.0 Å². The maximum Gasteiger partial charge on any atom is 0.324 e. The molecule has 2 aliphatic heterocycles. The average molecular weight is 387 g/mol. The summed E-state index contributed by atoms with van der Waals surface area (Å²) in [7, 11) is 3.40. The van der Waals surface area contributed by atoms with Gasteiger partial charge < -0.3 is 35.2 Å². The first-order valence-electron chi connectivity index (χ1n) is 9.37. The minimum Gasteiger partial charge on any atom is -0.465 e. The van der Waals surface area contributed by atoms with Crippen LogP contribution in [0.25, 0.3) is 0 Å². The molecule has 0 aliphatic carbocycles. The van der Waals surface area contributed by atoms with E-state index < -0.39 is 6.04 Å². The summed E-state index contributed by atoms with van der Waals surface area (Å²) in [6, 6.07) is -0.628. The van der Waals surface area contributed by atoms with Gasteiger partial charge in [0.05, 0.1) is 13.2 Å². The number of rotatable bonds is 4. The summed E-state index contributed by atoms with van der Waals surface area (Å²) in [5.41, 5.74) is 0. The quantitative estimate of drug-likeness (QED) is 0.506. The highest BCUT2D eigenvalue weighted by Crippen LogP contribution is 2.03. The van der Waals surface area contributed by atoms with Crippen molar-refractivity contribution in [1.29, 1.82) is 0 Å². The molecule has 3 N–H and O–H groups in total. The Morgan fingerprint density at radius 2 is 1.56 bits per heavy atom. The molecule has 2 heterocycles. The number of hydrogen-bond donors (Lipinski definition) is 3. The van der Waals surface area contributed by atoms with Gasteiger partial charge >= 0.3 is 18.0 Å². The van der Waals surface area contributed by atoms with Gasteiger partial charge in [0.25, 0.3) is 0 Å². The van der Waals surface area contributed by atoms with Crippen LogP contribution in [0.15, 0.2) is 0 Å². The Balaban J connectivity index is 0.000000289. The standard InChI is InChI=1S/C10H19N3O3.C7H14N2O2/c1-4-16-9(14)8-7-13(6-5-11-8)10(15)12(2)3;1-2-11-7(10)6-5-8-3-4-9-6/h8,11H,4-7H2,1-3H3;6,8-9H,2-5H2,1H3. The molecule has 0 bridgehead atoms. The van der Waals surface area contributed by atoms with Crippen LogP contribution in [0.2, 0.25) is 0 Å². The number of piperazine rings is 2. The molecule has 2 atom stereocenters. The summed E-state index contributed by atoms with van der Waals surface area (Å²) < 4.78 is 9.76. The second-order valence-electron chi connectivity index (χ2n) is 6.34. The molecular weight excluding hydrogens is 354 g/mol. The van der Waals surface area contributed by atoms with E-state index in [4.69, 9.17) is 9.47 Å². The van der Waals surface area contributed by atoms with Gasteiger partial charge in [-0.2, -0.15) is 0 Å². The van der Waals surface area contributed by atoms with E-state index in [1.165, 1.54) is 4.90 Å². The molecule has 2 unspecified atom stereocenters. The van der Waals surface area contributed by atoms with E-state index in [9.17, 15) is 14.4 Å². The second-order valence-corrected chi connectivity index (χ2v) is 6.34. The van der Waals surface area contributed by atoms with Gasteiger partial charge in [-0.3, -0.25) is 9.59 Å². The molecule has 10 nitrogen and oxygen atoms in total. The van der Waals surface area contributed by atoms with Crippen molar-refractivity contribution in [1.82, 2.24) is 25.8 Å². The second kappa shape index (κ2) is 12.5. The predicted octanol–water partition coefficient (Wildman–Crippen LogP) is -1.38. The molecule has 2 rings (SSSR count). The molecule has 2 saturated heterocycles. The number of hydrogen-bond acceptors (Lipinski definition) is 8. The molecule has 0 aromatic heterocycles. The molecule has 0 aromatic rings. The van der Waals surface area contributed by atoms with Gasteiger partial charge in [0.1, 0.15) is 12.1 Å². The molecule has 2 aliphatic rings. The van der Waals surface area contributed by atoms with Crippen molar-refractivity contribution >= 4 is 18.0 Å². The highest BCUT2D eigenvalue weighted by molar-refractivity contribution is 5.79. The third-order valence-corrected chi connectivity index (χ3v) is 4.01. The molecular formula is C17H33N5O5. The van der Waals surface area contributed by atoms with Crippen molar-refractivity contribution in [2.45, 2.75) is 25.9 Å². The first kappa shape index (κ1) is 23.1. The van der Waals surface area contributed by atoms with Gasteiger partial charge in [0.15, 0.2) is 0 Å². The number of urea groups is 1. The van der Waals surface area contributed by atoms with Crippen LogP contribution in [0, 0.1) is 0 Å². The lowest BCUT2D eigenvalue weighted by molar-refractivity contribution is -0.147. The molecule has 0 aromatic carbocycles. The van der Waals surface area contributed by atoms with Crippen LogP contribution < -0.4 is 16.0 Å². The molecule has 0 saturated carbocycles. The predicted molar refractivity (Wildman–Crippen MR) is 100 cm³/mol. The smallest absolute Gasteiger partial charge is 0.324 e. The number of nitrogens with one attached hydrogen (secondary N) is 3. The molecule has 10 heteroatoms. The Kier molecular flexibility index (Phi) is 10.7. The maximum absolute atomic E-state index is 11.7. The summed E-state index contributed by atoms with van der Waals surface area (Å²) in [5.74, 6) is -0.446. The van der Waals surface area contributed by atoms with Crippen LogP contribution in [-0.2, 0) is 19.1 Å². The number of esters is 2. The summed E-state index contributed by atoms with van der Waals surface area (Å²) in [6.45, 7) is 8.44. The molecule has 0 spiro atoms. The van der Waals surface area contributed by atoms with Crippen LogP contribution in [0.1, 0.15) is 13.8 Å². The van der Waals surface area contributed by atoms with Gasteiger partial charge in [-0.25, -0.2) is 4.79 Å². The van der Waals surface area contributed by atoms with Crippen LogP contribution in [-0.4, -0.2) is 106 Å². The summed E-state index contributed by atoms with van der Waals surface area (Å²) in [4.78, 5) is 37.4. The van der Waals surface area contributed by atoms with Crippen LogP contribution in [0.5, 0.6) is 0 Å². The number of carbonyl (C=O) groups is 3. The molecule has 0 radical (unpaired) electrons. The third-order valence-electron chi connectivity index (χ3n) is 4.01. The van der Waals surface area contributed by atoms with E-state index in [-0.39, 0.29) is 24.0 Å². The van der Waals surface area contributed by atoms with Gasteiger partial charge in [0.2, 0.25) is 0 Å². The van der Waals surface area contributed by atoms with E-state index in [0.717, 1.165) is 13.1 Å². The van der Waals surface area contributed by atoms with Crippen LogP contribution >= 0.6 is 0 Å². The highest BCUT2D eigenvalue weighted by Gasteiger charge is 2.29. The lowest BCUT2D eigenvalue weighted by atomic mass is 10.2. The Bertz CT molecular complexity index is 482. The summed E-state index contributed by atoms with van der Waals surface area (Å²) in [6.07, 6.45) is 0. The Morgan fingerprint density at radius 1 is 0.963 bits per heavy atom. The van der Waals surface area contributed by atoms with Gasteiger partial charge in [-0.15, -0.1) is 0 Å². The van der Waals surface area contributed by atoms with Gasteiger partial charge in [0, 0.05) is 53.4 Å². The Labute approximate surface area is 160 Å². The fraction of sp³-hybridized carbons (Fsp3) is 0.824. The Morgan fingerprint density at radius 3 is 2.07 bits per heavy atom. The minimum atomic E-state index is -0.405. The maximum atomic E-state index is 11.7. The largest absolute Gasteiger partial charge is 0.465 e. The average Bonchev–Trinajstić information content (AvgIpc) is 2.69. The normalized spacial score (nSPS) is 22.1. The summed E-state index contributed by atoms with van der Waals surface area (Å²) in [5, 5.41) is 9.22. The number of ether oxygens (including phenoxy) is 2. The number of nitrogens with zero attached hydrogens (tertiary/aromatic N) is 2. The number of amides is 2. The van der Waals surface area contributed by atoms with Crippen LogP contribution in [0.3, 0.4) is 0 Å². The van der Waals surface area contributed by atoms with E-state index in [1.807, 2.05) is 6.92 Å². The lowest BCUT2D eigenvalue weighted by Crippen LogP contribution is -2.57. The zero-order chi connectivity index (χ0) is 20.2. The van der Waals surface area contributed by atoms with Gasteiger partial charge in [-0.05, 0) is 13.8 Å². The van der Waals surface area contributed by atoms with Crippen molar-refractivity contribution in [3.8, 4) is 0 Å². The zero-order valence-corrected chi connectivity index (χ0v) is 16.7. The first-order chi connectivity index (χ1) is 12.9. The van der Waals surface area contributed by atoms with Crippen molar-refractivity contribution < 1.29 is 23.9 Å². The van der Waals surface area contributed by atoms with Crippen molar-refractivity contribution in [3.05, 3.63) is 0 Å². The fourth-order valence-corrected chi connectivity index (χ4v) is 2.67. The molecule has 156 valence electrons. The molecule has 2 amide bonds. The van der Waals surface area contributed by atoms with Gasteiger partial charge in [-0.1, -0.05) is 0 Å². The van der Waals surface area contributed by atoms with E-state index >= 15 is 0 Å². The van der Waals surface area contributed by atoms with Crippen LogP contribution in [0.4, 0.5) is 4.79 Å². The SMILES string of the molecule is CCOC(=O)C1CN(C(=O)N(C)C)CCN1.CCOC(=O)C1CNCCN1. The monoisotopic (exact) mass is 387 g/mol. The van der Waals surface area contributed by atoms with Crippen molar-refractivity contribution in [2.24, 2.45) is 0 Å². The fourth-order valence-electron chi connectivity index (χ4n) is 2.67. The topological polar surface area (TPSA) is 112 Å². The number of carbonyl (C=O) groups excluding carboxylic acids is 3. The Hall–Kier alpha value is -1.91.